The molecule has 0 aromatic heterocycles. The molecule has 1 fully saturated rings. The van der Waals surface area contributed by atoms with Crippen LogP contribution in [0.3, 0.4) is 0 Å². The van der Waals surface area contributed by atoms with Gasteiger partial charge in [-0.2, -0.15) is 0 Å². The van der Waals surface area contributed by atoms with Crippen LogP contribution in [-0.4, -0.2) is 19.0 Å². The molecular formula is C16H16BrNO3. The molecule has 1 N–H and O–H groups in total. The number of esters is 1. The Hall–Kier alpha value is -1.62. The van der Waals surface area contributed by atoms with Crippen molar-refractivity contribution in [3.8, 4) is 0 Å². The fraction of sp³-hybridized carbons (Fsp3) is 0.375. The summed E-state index contributed by atoms with van der Waals surface area (Å²) >= 11 is 3.36. The number of methoxy groups -OCH3 is 1. The van der Waals surface area contributed by atoms with Gasteiger partial charge in [0.15, 0.2) is 0 Å². The van der Waals surface area contributed by atoms with E-state index in [-0.39, 0.29) is 35.5 Å². The number of ether oxygens (including phenoxy) is 1. The van der Waals surface area contributed by atoms with Gasteiger partial charge in [0, 0.05) is 10.2 Å². The molecule has 4 nitrogen and oxygen atoms in total. The number of carbonyl (C=O) groups excluding carboxylic acids is 2. The van der Waals surface area contributed by atoms with Crippen molar-refractivity contribution in [2.45, 2.75) is 6.42 Å². The Kier molecular flexibility index (Phi) is 3.85. The summed E-state index contributed by atoms with van der Waals surface area (Å²) in [4.78, 5) is 24.5. The van der Waals surface area contributed by atoms with Gasteiger partial charge in [-0.15, -0.1) is 0 Å². The van der Waals surface area contributed by atoms with Crippen molar-refractivity contribution >= 4 is 33.5 Å². The van der Waals surface area contributed by atoms with Crippen LogP contribution < -0.4 is 5.32 Å². The summed E-state index contributed by atoms with van der Waals surface area (Å²) in [6, 6.07) is 7.40. The van der Waals surface area contributed by atoms with Crippen LogP contribution >= 0.6 is 15.9 Å². The van der Waals surface area contributed by atoms with Gasteiger partial charge >= 0.3 is 5.97 Å². The maximum atomic E-state index is 12.6. The van der Waals surface area contributed by atoms with Crippen LogP contribution in [0.5, 0.6) is 0 Å². The summed E-state index contributed by atoms with van der Waals surface area (Å²) in [6.45, 7) is 0. The molecule has 4 atom stereocenters. The molecule has 2 aliphatic rings. The first kappa shape index (κ1) is 14.3. The molecule has 3 rings (SSSR count). The van der Waals surface area contributed by atoms with Gasteiger partial charge < -0.3 is 10.1 Å². The molecule has 0 radical (unpaired) electrons. The van der Waals surface area contributed by atoms with Crippen molar-refractivity contribution in [2.24, 2.45) is 23.7 Å². The fourth-order valence-corrected chi connectivity index (χ4v) is 3.66. The lowest BCUT2D eigenvalue weighted by molar-refractivity contribution is -0.150. The molecule has 1 saturated carbocycles. The fourth-order valence-electron chi connectivity index (χ4n) is 3.40. The van der Waals surface area contributed by atoms with E-state index in [4.69, 9.17) is 4.74 Å². The molecular weight excluding hydrogens is 334 g/mol. The molecule has 2 aliphatic carbocycles. The van der Waals surface area contributed by atoms with Crippen LogP contribution in [0.15, 0.2) is 40.9 Å². The summed E-state index contributed by atoms with van der Waals surface area (Å²) < 4.78 is 5.83. The average Bonchev–Trinajstić information content (AvgIpc) is 3.09. The quantitative estimate of drug-likeness (QED) is 0.674. The SMILES string of the molecule is COC(=O)[C@@H]1[C@H](C(=O)Nc2ccc(Br)cc2)[C@@H]2C=C[C@H]1C2. The first-order chi connectivity index (χ1) is 10.1. The minimum absolute atomic E-state index is 0.107. The maximum Gasteiger partial charge on any atom is 0.310 e. The highest BCUT2D eigenvalue weighted by Crippen LogP contribution is 2.48. The number of hydrogen-bond donors (Lipinski definition) is 1. The van der Waals surface area contributed by atoms with Crippen LogP contribution in [-0.2, 0) is 14.3 Å². The van der Waals surface area contributed by atoms with Gasteiger partial charge in [-0.05, 0) is 42.5 Å². The number of fused-ring (bicyclic) bond motifs is 2. The van der Waals surface area contributed by atoms with Crippen LogP contribution in [0.25, 0.3) is 0 Å². The van der Waals surface area contributed by atoms with Crippen molar-refractivity contribution in [3.63, 3.8) is 0 Å². The highest BCUT2D eigenvalue weighted by molar-refractivity contribution is 9.10. The van der Waals surface area contributed by atoms with E-state index in [1.807, 2.05) is 30.3 Å². The molecule has 0 saturated heterocycles. The lowest BCUT2D eigenvalue weighted by Gasteiger charge is -2.25. The molecule has 0 spiro atoms. The highest BCUT2D eigenvalue weighted by Gasteiger charge is 2.52. The van der Waals surface area contributed by atoms with Crippen LogP contribution in [0.4, 0.5) is 5.69 Å². The van der Waals surface area contributed by atoms with Gasteiger partial charge in [-0.3, -0.25) is 9.59 Å². The summed E-state index contributed by atoms with van der Waals surface area (Å²) in [5.41, 5.74) is 0.735. The highest BCUT2D eigenvalue weighted by atomic mass is 79.9. The Morgan fingerprint density at radius 2 is 1.76 bits per heavy atom. The van der Waals surface area contributed by atoms with Gasteiger partial charge in [0.05, 0.1) is 18.9 Å². The third kappa shape index (κ3) is 2.62. The van der Waals surface area contributed by atoms with Crippen molar-refractivity contribution in [3.05, 3.63) is 40.9 Å². The normalized spacial score (nSPS) is 29.4. The van der Waals surface area contributed by atoms with Crippen molar-refractivity contribution in [1.82, 2.24) is 0 Å². The third-order valence-corrected chi connectivity index (χ3v) is 4.88. The first-order valence-electron chi connectivity index (χ1n) is 6.92. The van der Waals surface area contributed by atoms with Crippen molar-refractivity contribution < 1.29 is 14.3 Å². The predicted molar refractivity (Wildman–Crippen MR) is 82.5 cm³/mol. The van der Waals surface area contributed by atoms with E-state index >= 15 is 0 Å². The van der Waals surface area contributed by atoms with Crippen LogP contribution in [0, 0.1) is 23.7 Å². The Morgan fingerprint density at radius 1 is 1.14 bits per heavy atom. The Balaban J connectivity index is 1.78. The zero-order chi connectivity index (χ0) is 15.0. The van der Waals surface area contributed by atoms with E-state index in [1.54, 1.807) is 0 Å². The minimum atomic E-state index is -0.361. The number of hydrogen-bond acceptors (Lipinski definition) is 3. The van der Waals surface area contributed by atoms with E-state index in [9.17, 15) is 9.59 Å². The molecule has 1 aromatic carbocycles. The summed E-state index contributed by atoms with van der Waals surface area (Å²) in [5.74, 6) is -0.832. The maximum absolute atomic E-state index is 12.6. The molecule has 0 unspecified atom stereocenters. The first-order valence-corrected chi connectivity index (χ1v) is 7.72. The van der Waals surface area contributed by atoms with E-state index in [1.165, 1.54) is 7.11 Å². The number of allylic oxidation sites excluding steroid dienone is 2. The molecule has 1 aromatic rings. The standard InChI is InChI=1S/C16H16BrNO3/c1-21-16(20)14-10-3-2-9(8-10)13(14)15(19)18-12-6-4-11(17)5-7-12/h2-7,9-10,13-14H,8H2,1H3,(H,18,19)/t9-,10+,13-,14+/m1/s1. The summed E-state index contributed by atoms with van der Waals surface area (Å²) in [7, 11) is 1.38. The van der Waals surface area contributed by atoms with Crippen molar-refractivity contribution in [2.75, 3.05) is 12.4 Å². The Bertz CT molecular complexity index is 596. The Morgan fingerprint density at radius 3 is 2.38 bits per heavy atom. The number of rotatable bonds is 3. The number of nitrogens with one attached hydrogen (secondary N) is 1. The monoisotopic (exact) mass is 349 g/mol. The van der Waals surface area contributed by atoms with E-state index < -0.39 is 0 Å². The van der Waals surface area contributed by atoms with Crippen molar-refractivity contribution in [1.29, 1.82) is 0 Å². The summed E-state index contributed by atoms with van der Waals surface area (Å²) in [5, 5.41) is 2.90. The van der Waals surface area contributed by atoms with E-state index in [0.29, 0.717) is 0 Å². The second-order valence-corrected chi connectivity index (χ2v) is 6.43. The van der Waals surface area contributed by atoms with Gasteiger partial charge in [0.2, 0.25) is 5.91 Å². The predicted octanol–water partition coefficient (Wildman–Crippen LogP) is 3.00. The number of benzene rings is 1. The number of halogens is 1. The molecule has 110 valence electrons. The van der Waals surface area contributed by atoms with Gasteiger partial charge in [-0.1, -0.05) is 28.1 Å². The summed E-state index contributed by atoms with van der Waals surface area (Å²) in [6.07, 6.45) is 4.95. The Labute approximate surface area is 131 Å². The zero-order valence-corrected chi connectivity index (χ0v) is 13.2. The minimum Gasteiger partial charge on any atom is -0.469 e. The molecule has 21 heavy (non-hydrogen) atoms. The lowest BCUT2D eigenvalue weighted by atomic mass is 9.82. The molecule has 5 heteroatoms. The van der Waals surface area contributed by atoms with E-state index in [0.717, 1.165) is 16.6 Å². The average molecular weight is 350 g/mol. The molecule has 0 aliphatic heterocycles. The lowest BCUT2D eigenvalue weighted by Crippen LogP contribution is -2.37. The topological polar surface area (TPSA) is 55.4 Å². The second kappa shape index (κ2) is 5.64. The van der Waals surface area contributed by atoms with Gasteiger partial charge in [0.25, 0.3) is 0 Å². The number of amides is 1. The molecule has 0 heterocycles. The molecule has 2 bridgehead atoms. The number of anilines is 1. The van der Waals surface area contributed by atoms with Crippen LogP contribution in [0.1, 0.15) is 6.42 Å². The second-order valence-electron chi connectivity index (χ2n) is 5.52. The molecule has 1 amide bonds. The van der Waals surface area contributed by atoms with Crippen LogP contribution in [0.2, 0.25) is 0 Å². The van der Waals surface area contributed by atoms with E-state index in [2.05, 4.69) is 27.3 Å². The third-order valence-electron chi connectivity index (χ3n) is 4.35. The smallest absolute Gasteiger partial charge is 0.310 e. The van der Waals surface area contributed by atoms with Gasteiger partial charge in [0.1, 0.15) is 0 Å². The largest absolute Gasteiger partial charge is 0.469 e. The van der Waals surface area contributed by atoms with Gasteiger partial charge in [-0.25, -0.2) is 0 Å². The zero-order valence-electron chi connectivity index (χ0n) is 11.6. The number of carbonyl (C=O) groups is 2.